The van der Waals surface area contributed by atoms with Crippen molar-refractivity contribution in [3.63, 3.8) is 0 Å². The first kappa shape index (κ1) is 14.1. The molecule has 104 valence electrons. The van der Waals surface area contributed by atoms with Gasteiger partial charge in [0.25, 0.3) is 0 Å². The van der Waals surface area contributed by atoms with Crippen molar-refractivity contribution in [3.8, 4) is 0 Å². The van der Waals surface area contributed by atoms with Crippen LogP contribution >= 0.6 is 0 Å². The third-order valence-electron chi connectivity index (χ3n) is 3.99. The Labute approximate surface area is 116 Å². The topological polar surface area (TPSA) is 32.3 Å². The lowest BCUT2D eigenvalue weighted by Gasteiger charge is -2.30. The Hall–Kier alpha value is -1.35. The van der Waals surface area contributed by atoms with Crippen molar-refractivity contribution >= 4 is 11.6 Å². The fraction of sp³-hybridized carbons (Fsp3) is 0.562. The summed E-state index contributed by atoms with van der Waals surface area (Å²) in [4.78, 5) is 14.4. The molecule has 1 atom stereocenters. The van der Waals surface area contributed by atoms with Crippen LogP contribution in [0.25, 0.3) is 0 Å². The van der Waals surface area contributed by atoms with Crippen molar-refractivity contribution in [1.29, 1.82) is 0 Å². The number of rotatable bonds is 3. The first-order chi connectivity index (χ1) is 9.06. The van der Waals surface area contributed by atoms with Gasteiger partial charge in [0.05, 0.1) is 6.54 Å². The predicted molar refractivity (Wildman–Crippen MR) is 79.4 cm³/mol. The lowest BCUT2D eigenvalue weighted by molar-refractivity contribution is -0.117. The molecule has 3 heteroatoms. The zero-order valence-electron chi connectivity index (χ0n) is 12.2. The van der Waals surface area contributed by atoms with E-state index in [1.54, 1.807) is 0 Å². The van der Waals surface area contributed by atoms with E-state index in [0.29, 0.717) is 12.5 Å². The van der Waals surface area contributed by atoms with E-state index in [4.69, 9.17) is 0 Å². The maximum absolute atomic E-state index is 12.1. The van der Waals surface area contributed by atoms with Gasteiger partial charge in [0.2, 0.25) is 5.91 Å². The number of piperidine rings is 1. The Morgan fingerprint density at radius 2 is 2.21 bits per heavy atom. The second-order valence-electron chi connectivity index (χ2n) is 5.78. The summed E-state index contributed by atoms with van der Waals surface area (Å²) < 4.78 is 0. The maximum Gasteiger partial charge on any atom is 0.238 e. The number of anilines is 1. The summed E-state index contributed by atoms with van der Waals surface area (Å²) in [6.07, 6.45) is 2.49. The van der Waals surface area contributed by atoms with E-state index >= 15 is 0 Å². The summed E-state index contributed by atoms with van der Waals surface area (Å²) >= 11 is 0. The Kier molecular flexibility index (Phi) is 4.59. The molecule has 0 spiro atoms. The second-order valence-corrected chi connectivity index (χ2v) is 5.78. The second kappa shape index (κ2) is 6.20. The largest absolute Gasteiger partial charge is 0.325 e. The summed E-state index contributed by atoms with van der Waals surface area (Å²) in [7, 11) is 0. The first-order valence-electron chi connectivity index (χ1n) is 7.14. The van der Waals surface area contributed by atoms with Crippen LogP contribution in [0.15, 0.2) is 18.2 Å². The number of nitrogens with one attached hydrogen (secondary N) is 1. The number of hydrogen-bond donors (Lipinski definition) is 1. The summed E-state index contributed by atoms with van der Waals surface area (Å²) in [5.74, 6) is 0.810. The van der Waals surface area contributed by atoms with Crippen LogP contribution in [0.3, 0.4) is 0 Å². The van der Waals surface area contributed by atoms with Gasteiger partial charge in [-0.3, -0.25) is 9.69 Å². The maximum atomic E-state index is 12.1. The molecule has 1 aromatic rings. The third-order valence-corrected chi connectivity index (χ3v) is 3.99. The molecule has 1 heterocycles. The lowest BCUT2D eigenvalue weighted by atomic mass is 10.0. The van der Waals surface area contributed by atoms with Gasteiger partial charge >= 0.3 is 0 Å². The van der Waals surface area contributed by atoms with Gasteiger partial charge in [-0.2, -0.15) is 0 Å². The highest BCUT2D eigenvalue weighted by Gasteiger charge is 2.18. The molecule has 1 N–H and O–H groups in total. The highest BCUT2D eigenvalue weighted by atomic mass is 16.2. The Morgan fingerprint density at radius 1 is 1.42 bits per heavy atom. The highest BCUT2D eigenvalue weighted by molar-refractivity contribution is 5.93. The number of carbonyl (C=O) groups is 1. The number of hydrogen-bond acceptors (Lipinski definition) is 2. The quantitative estimate of drug-likeness (QED) is 0.906. The van der Waals surface area contributed by atoms with E-state index in [1.165, 1.54) is 18.4 Å². The van der Waals surface area contributed by atoms with E-state index < -0.39 is 0 Å². The standard InChI is InChI=1S/C16H24N2O/c1-12-6-5-9-18(10-12)11-16(19)17-15-8-4-7-13(2)14(15)3/h4,7-8,12H,5-6,9-11H2,1-3H3,(H,17,19)/t12-/m1/s1. The van der Waals surface area contributed by atoms with Crippen LogP contribution in [0.1, 0.15) is 30.9 Å². The van der Waals surface area contributed by atoms with Gasteiger partial charge in [-0.25, -0.2) is 0 Å². The molecule has 0 aromatic heterocycles. The minimum absolute atomic E-state index is 0.0998. The molecule has 1 amide bonds. The third kappa shape index (κ3) is 3.80. The molecule has 1 aliphatic rings. The van der Waals surface area contributed by atoms with Crippen LogP contribution < -0.4 is 5.32 Å². The number of benzene rings is 1. The monoisotopic (exact) mass is 260 g/mol. The Balaban J connectivity index is 1.92. The van der Waals surface area contributed by atoms with Crippen molar-refractivity contribution in [1.82, 2.24) is 4.90 Å². The van der Waals surface area contributed by atoms with Crippen molar-refractivity contribution in [2.45, 2.75) is 33.6 Å². The number of amides is 1. The van der Waals surface area contributed by atoms with Gasteiger partial charge in [0.1, 0.15) is 0 Å². The van der Waals surface area contributed by atoms with Crippen molar-refractivity contribution in [2.75, 3.05) is 25.0 Å². The molecule has 2 rings (SSSR count). The summed E-state index contributed by atoms with van der Waals surface area (Å²) in [6.45, 7) is 8.97. The van der Waals surface area contributed by atoms with E-state index in [0.717, 1.165) is 24.3 Å². The normalized spacial score (nSPS) is 20.3. The number of aryl methyl sites for hydroxylation is 1. The predicted octanol–water partition coefficient (Wildman–Crippen LogP) is 2.97. The van der Waals surface area contributed by atoms with E-state index in [2.05, 4.69) is 30.1 Å². The van der Waals surface area contributed by atoms with Gasteiger partial charge in [0.15, 0.2) is 0 Å². The van der Waals surface area contributed by atoms with Gasteiger partial charge in [0, 0.05) is 12.2 Å². The van der Waals surface area contributed by atoms with E-state index in [1.807, 2.05) is 19.1 Å². The lowest BCUT2D eigenvalue weighted by Crippen LogP contribution is -2.39. The number of likely N-dealkylation sites (tertiary alicyclic amines) is 1. The number of nitrogens with zero attached hydrogens (tertiary/aromatic N) is 1. The molecule has 0 aliphatic carbocycles. The van der Waals surface area contributed by atoms with Crippen LogP contribution in [0.5, 0.6) is 0 Å². The van der Waals surface area contributed by atoms with Crippen molar-refractivity contribution in [2.24, 2.45) is 5.92 Å². The van der Waals surface area contributed by atoms with E-state index in [-0.39, 0.29) is 5.91 Å². The molecular formula is C16H24N2O. The van der Waals surface area contributed by atoms with Crippen molar-refractivity contribution in [3.05, 3.63) is 29.3 Å². The Morgan fingerprint density at radius 3 is 2.95 bits per heavy atom. The summed E-state index contributed by atoms with van der Waals surface area (Å²) in [5, 5.41) is 3.03. The molecule has 0 bridgehead atoms. The van der Waals surface area contributed by atoms with Gasteiger partial charge < -0.3 is 5.32 Å². The molecule has 1 aromatic carbocycles. The van der Waals surface area contributed by atoms with Crippen LogP contribution in [-0.2, 0) is 4.79 Å². The Bertz CT molecular complexity index is 456. The zero-order valence-corrected chi connectivity index (χ0v) is 12.2. The molecule has 1 fully saturated rings. The fourth-order valence-corrected chi connectivity index (χ4v) is 2.71. The average Bonchev–Trinajstić information content (AvgIpc) is 2.35. The van der Waals surface area contributed by atoms with E-state index in [9.17, 15) is 4.79 Å². The number of carbonyl (C=O) groups excluding carboxylic acids is 1. The molecule has 19 heavy (non-hydrogen) atoms. The fourth-order valence-electron chi connectivity index (χ4n) is 2.71. The molecule has 0 unspecified atom stereocenters. The summed E-state index contributed by atoms with van der Waals surface area (Å²) in [6, 6.07) is 6.03. The minimum Gasteiger partial charge on any atom is -0.325 e. The summed E-state index contributed by atoms with van der Waals surface area (Å²) in [5.41, 5.74) is 3.31. The van der Waals surface area contributed by atoms with Gasteiger partial charge in [-0.15, -0.1) is 0 Å². The van der Waals surface area contributed by atoms with Crippen LogP contribution in [-0.4, -0.2) is 30.4 Å². The van der Waals surface area contributed by atoms with Crippen molar-refractivity contribution < 1.29 is 4.79 Å². The SMILES string of the molecule is Cc1cccc(NC(=O)CN2CCC[C@@H](C)C2)c1C. The molecule has 3 nitrogen and oxygen atoms in total. The molecule has 0 radical (unpaired) electrons. The highest BCUT2D eigenvalue weighted by Crippen LogP contribution is 2.19. The molecule has 1 aliphatic heterocycles. The first-order valence-corrected chi connectivity index (χ1v) is 7.14. The molecule has 0 saturated carbocycles. The van der Waals surface area contributed by atoms with Crippen LogP contribution in [0.4, 0.5) is 5.69 Å². The smallest absolute Gasteiger partial charge is 0.238 e. The molecule has 1 saturated heterocycles. The van der Waals surface area contributed by atoms with Gasteiger partial charge in [-0.1, -0.05) is 19.1 Å². The van der Waals surface area contributed by atoms with Crippen LogP contribution in [0, 0.1) is 19.8 Å². The van der Waals surface area contributed by atoms with Crippen LogP contribution in [0.2, 0.25) is 0 Å². The zero-order chi connectivity index (χ0) is 13.8. The minimum atomic E-state index is 0.0998. The molecular weight excluding hydrogens is 236 g/mol. The average molecular weight is 260 g/mol. The van der Waals surface area contributed by atoms with Gasteiger partial charge in [-0.05, 0) is 56.3 Å².